The summed E-state index contributed by atoms with van der Waals surface area (Å²) in [5.41, 5.74) is 9.94. The summed E-state index contributed by atoms with van der Waals surface area (Å²) in [6.07, 6.45) is 9.55. The van der Waals surface area contributed by atoms with Crippen LogP contribution in [0.1, 0.15) is 103 Å². The first-order chi connectivity index (χ1) is 30.0. The van der Waals surface area contributed by atoms with Crippen LogP contribution in [0, 0.1) is 18.5 Å². The maximum Gasteiger partial charge on any atom is 0.267 e. The summed E-state index contributed by atoms with van der Waals surface area (Å²) < 4.78 is 13.6. The van der Waals surface area contributed by atoms with Crippen LogP contribution in [-0.4, -0.2) is 14.1 Å². The third-order valence-corrected chi connectivity index (χ3v) is 12.8. The Morgan fingerprint density at radius 3 is 1.86 bits per heavy atom. The number of fused-ring (bicyclic) bond motifs is 3. The van der Waals surface area contributed by atoms with E-state index in [-0.39, 0.29) is 31.9 Å². The molecule has 0 radical (unpaired) electrons. The number of pyridine rings is 1. The fraction of sp³-hybridized carbons (Fsp3) is 0.241. The van der Waals surface area contributed by atoms with Crippen molar-refractivity contribution in [3.8, 4) is 28.7 Å². The predicted octanol–water partition coefficient (Wildman–Crippen LogP) is 13.7. The third kappa shape index (κ3) is 8.27. The second kappa shape index (κ2) is 16.8. The second-order valence-electron chi connectivity index (χ2n) is 19.9. The fourth-order valence-corrected chi connectivity index (χ4v) is 8.80. The van der Waals surface area contributed by atoms with Gasteiger partial charge in [0, 0.05) is 56.7 Å². The van der Waals surface area contributed by atoms with Crippen LogP contribution in [0.5, 0.6) is 11.5 Å². The number of rotatable bonds is 9. The molecule has 0 aliphatic heterocycles. The molecule has 9 aromatic rings. The number of benzene rings is 6. The van der Waals surface area contributed by atoms with E-state index in [2.05, 4.69) is 232 Å². The minimum Gasteiger partial charge on any atom is -0.509 e. The third-order valence-electron chi connectivity index (χ3n) is 12.8. The van der Waals surface area contributed by atoms with E-state index in [9.17, 15) is 0 Å². The van der Waals surface area contributed by atoms with Crippen LogP contribution < -0.4 is 9.30 Å². The van der Waals surface area contributed by atoms with Crippen LogP contribution in [0.3, 0.4) is 0 Å². The van der Waals surface area contributed by atoms with Gasteiger partial charge in [0.05, 0.1) is 5.69 Å². The van der Waals surface area contributed by atoms with Gasteiger partial charge in [0.15, 0.2) is 0 Å². The molecular formula is C58H56N4OPt-2. The first-order valence-corrected chi connectivity index (χ1v) is 22.0. The van der Waals surface area contributed by atoms with Gasteiger partial charge in [-0.25, -0.2) is 4.98 Å². The van der Waals surface area contributed by atoms with Gasteiger partial charge in [0.1, 0.15) is 5.82 Å². The van der Waals surface area contributed by atoms with Crippen molar-refractivity contribution in [2.24, 2.45) is 0 Å². The van der Waals surface area contributed by atoms with E-state index >= 15 is 0 Å². The minimum absolute atomic E-state index is 0. The van der Waals surface area contributed by atoms with Crippen molar-refractivity contribution in [3.05, 3.63) is 210 Å². The summed E-state index contributed by atoms with van der Waals surface area (Å²) in [6, 6.07) is 57.1. The van der Waals surface area contributed by atoms with E-state index in [0.29, 0.717) is 11.5 Å². The summed E-state index contributed by atoms with van der Waals surface area (Å²) in [4.78, 5) is 5.01. The van der Waals surface area contributed by atoms with Gasteiger partial charge in [-0.15, -0.1) is 29.3 Å². The molecule has 6 aromatic carbocycles. The van der Waals surface area contributed by atoms with E-state index in [1.807, 2.05) is 27.7 Å². The SMILES string of the molecule is CC(C)(C)c1cccc(-[n+]2[c-]n(-c3[c-]c(Oc4[c-]c5c(c(C(C)(C)c6ccccc6)c4)c4ccccc4n5-c4cc(C(C)(C)C)ccn4)c(C(C)(C)c4ccccc4)cc3)cc2)c1.[Pt]. The zero-order valence-electron chi connectivity index (χ0n) is 38.5. The van der Waals surface area contributed by atoms with E-state index in [0.717, 1.165) is 50.1 Å². The predicted molar refractivity (Wildman–Crippen MR) is 257 cm³/mol. The summed E-state index contributed by atoms with van der Waals surface area (Å²) in [7, 11) is 0. The van der Waals surface area contributed by atoms with Crippen molar-refractivity contribution in [1.29, 1.82) is 0 Å². The normalized spacial score (nSPS) is 12.4. The molecule has 0 bridgehead atoms. The Bertz CT molecular complexity index is 3110. The Kier molecular flexibility index (Phi) is 11.7. The first-order valence-electron chi connectivity index (χ1n) is 22.0. The maximum absolute atomic E-state index is 7.29. The standard InChI is InChI=1S/C58H56N4O.Pt/c1-55(2,3)42-24-19-25-44(34-42)60-32-33-61(39-60)45-28-29-48(57(7,8)40-20-13-11-14-21-40)52(36-45)63-46-37-49(58(9,10)41-22-15-12-16-23-41)54-47-26-17-18-27-50(47)62(51(54)38-46)53-35-43(30-31-59-53)56(4,5)6;/h11-35,37H,1-10H3;/q-2;. The van der Waals surface area contributed by atoms with Gasteiger partial charge in [-0.05, 0) is 85.3 Å². The average molecular weight is 1020 g/mol. The van der Waals surface area contributed by atoms with Crippen molar-refractivity contribution < 1.29 is 30.4 Å². The molecule has 6 heteroatoms. The monoisotopic (exact) mass is 1020 g/mol. The minimum atomic E-state index is -0.429. The van der Waals surface area contributed by atoms with E-state index in [1.54, 1.807) is 0 Å². The molecular weight excluding hydrogens is 964 g/mol. The molecule has 0 N–H and O–H groups in total. The van der Waals surface area contributed by atoms with Crippen molar-refractivity contribution in [2.75, 3.05) is 0 Å². The van der Waals surface area contributed by atoms with Crippen molar-refractivity contribution in [2.45, 2.75) is 90.9 Å². The summed E-state index contributed by atoms with van der Waals surface area (Å²) in [6.45, 7) is 22.5. The molecule has 0 atom stereocenters. The molecule has 0 amide bonds. The Hall–Kier alpha value is -6.03. The Morgan fingerprint density at radius 1 is 0.578 bits per heavy atom. The van der Waals surface area contributed by atoms with Crippen LogP contribution in [0.25, 0.3) is 39.0 Å². The Labute approximate surface area is 393 Å². The smallest absolute Gasteiger partial charge is 0.267 e. The van der Waals surface area contributed by atoms with Crippen LogP contribution in [0.4, 0.5) is 0 Å². The van der Waals surface area contributed by atoms with Gasteiger partial charge < -0.3 is 13.9 Å². The zero-order chi connectivity index (χ0) is 44.3. The molecule has 0 saturated heterocycles. The molecule has 0 spiro atoms. The van der Waals surface area contributed by atoms with Crippen molar-refractivity contribution in [3.63, 3.8) is 0 Å². The van der Waals surface area contributed by atoms with Crippen LogP contribution >= 0.6 is 0 Å². The summed E-state index contributed by atoms with van der Waals surface area (Å²) >= 11 is 0. The van der Waals surface area contributed by atoms with Crippen LogP contribution in [-0.2, 0) is 42.7 Å². The topological polar surface area (TPSA) is 35.9 Å². The van der Waals surface area contributed by atoms with Crippen molar-refractivity contribution in [1.82, 2.24) is 14.1 Å². The second-order valence-corrected chi connectivity index (χ2v) is 19.9. The van der Waals surface area contributed by atoms with E-state index < -0.39 is 10.8 Å². The van der Waals surface area contributed by atoms with Gasteiger partial charge >= 0.3 is 0 Å². The fourth-order valence-electron chi connectivity index (χ4n) is 8.80. The van der Waals surface area contributed by atoms with Crippen molar-refractivity contribution >= 4 is 21.8 Å². The molecule has 9 rings (SSSR count). The number of hydrogen-bond donors (Lipinski definition) is 0. The van der Waals surface area contributed by atoms with Crippen LogP contribution in [0.2, 0.25) is 0 Å². The average Bonchev–Trinajstić information content (AvgIpc) is 3.90. The Balaban J connectivity index is 0.00000560. The van der Waals surface area contributed by atoms with Crippen LogP contribution in [0.15, 0.2) is 158 Å². The number of aromatic nitrogens is 4. The van der Waals surface area contributed by atoms with Gasteiger partial charge in [-0.1, -0.05) is 171 Å². The van der Waals surface area contributed by atoms with E-state index in [4.69, 9.17) is 9.72 Å². The number of hydrogen-bond acceptors (Lipinski definition) is 2. The zero-order valence-corrected chi connectivity index (χ0v) is 40.8. The molecule has 0 saturated carbocycles. The molecule has 0 aliphatic carbocycles. The summed E-state index contributed by atoms with van der Waals surface area (Å²) in [5, 5.41) is 2.26. The number of ether oxygens (including phenoxy) is 1. The number of imidazole rings is 1. The van der Waals surface area contributed by atoms with E-state index in [1.165, 1.54) is 22.3 Å². The molecule has 0 unspecified atom stereocenters. The molecule has 0 aliphatic rings. The largest absolute Gasteiger partial charge is 0.509 e. The molecule has 326 valence electrons. The van der Waals surface area contributed by atoms with Gasteiger partial charge in [0.2, 0.25) is 0 Å². The van der Waals surface area contributed by atoms with Gasteiger partial charge in [-0.2, -0.15) is 12.1 Å². The number of nitrogens with zero attached hydrogens (tertiary/aromatic N) is 4. The van der Waals surface area contributed by atoms with Gasteiger partial charge in [0.25, 0.3) is 6.33 Å². The summed E-state index contributed by atoms with van der Waals surface area (Å²) in [5.74, 6) is 2.07. The molecule has 5 nitrogen and oxygen atoms in total. The molecule has 3 heterocycles. The molecule has 0 fully saturated rings. The first kappa shape index (κ1) is 44.6. The maximum atomic E-state index is 7.29. The molecule has 3 aromatic heterocycles. The van der Waals surface area contributed by atoms with Gasteiger partial charge in [-0.3, -0.25) is 4.57 Å². The quantitative estimate of drug-likeness (QED) is 0.107. The number of para-hydroxylation sites is 1. The molecule has 64 heavy (non-hydrogen) atoms. The Morgan fingerprint density at radius 2 is 1.19 bits per heavy atom.